The molecule has 0 rings (SSSR count). The molecule has 0 aliphatic rings. The highest BCUT2D eigenvalue weighted by molar-refractivity contribution is 4.68. The van der Waals surface area contributed by atoms with Gasteiger partial charge in [-0.05, 0) is 0 Å². The number of hydrogen-bond donors (Lipinski definition) is 1. The van der Waals surface area contributed by atoms with Crippen LogP contribution in [0.25, 0.3) is 0 Å². The number of hydrogen-bond acceptors (Lipinski definition) is 1. The molecule has 1 N–H and O–H groups in total. The van der Waals surface area contributed by atoms with Gasteiger partial charge >= 0.3 is 0 Å². The lowest BCUT2D eigenvalue weighted by Crippen LogP contribution is -2.29. The van der Waals surface area contributed by atoms with Crippen molar-refractivity contribution in [3.8, 4) is 0 Å². The maximum absolute atomic E-state index is 11.7. The number of aliphatic hydroxyl groups excluding tert-OH is 1. The summed E-state index contributed by atoms with van der Waals surface area (Å²) in [6.07, 6.45) is -8.27. The first-order chi connectivity index (χ1) is 4.09. The lowest BCUT2D eigenvalue weighted by atomic mass is 10.3. The van der Waals surface area contributed by atoms with Gasteiger partial charge in [-0.2, -0.15) is 0 Å². The molecule has 5 heteroatoms. The number of aliphatic hydroxyl groups is 1. The summed E-state index contributed by atoms with van der Waals surface area (Å²) in [5.74, 6) is 0. The molecule has 0 amide bonds. The first kappa shape index (κ1) is 8.68. The maximum Gasteiger partial charge on any atom is 0.231 e. The number of halogens is 4. The Balaban J connectivity index is 3.58. The van der Waals surface area contributed by atoms with Crippen molar-refractivity contribution in [3.63, 3.8) is 0 Å². The van der Waals surface area contributed by atoms with Crippen LogP contribution in [0.1, 0.15) is 0 Å². The molecule has 9 heavy (non-hydrogen) atoms. The van der Waals surface area contributed by atoms with E-state index in [0.717, 1.165) is 0 Å². The smallest absolute Gasteiger partial charge is 0.231 e. The predicted octanol–water partition coefficient (Wildman–Crippen LogP) is 0.920. The first-order valence-electron chi connectivity index (χ1n) is 2.26. The lowest BCUT2D eigenvalue weighted by Gasteiger charge is -2.08. The van der Waals surface area contributed by atoms with Crippen LogP contribution in [-0.4, -0.2) is 30.5 Å². The van der Waals surface area contributed by atoms with Gasteiger partial charge in [0.25, 0.3) is 0 Å². The van der Waals surface area contributed by atoms with E-state index >= 15 is 0 Å². The van der Waals surface area contributed by atoms with Crippen molar-refractivity contribution < 1.29 is 22.7 Å². The molecular formula is C4H6F4O. The monoisotopic (exact) mass is 146 g/mol. The average Bonchev–Trinajstić information content (AvgIpc) is 1.84. The predicted molar refractivity (Wildman–Crippen MR) is 22.9 cm³/mol. The molecule has 1 nitrogen and oxygen atoms in total. The van der Waals surface area contributed by atoms with Crippen molar-refractivity contribution in [2.75, 3.05) is 6.67 Å². The van der Waals surface area contributed by atoms with E-state index in [9.17, 15) is 17.6 Å². The van der Waals surface area contributed by atoms with E-state index in [1.54, 1.807) is 0 Å². The lowest BCUT2D eigenvalue weighted by molar-refractivity contribution is -0.0606. The highest BCUT2D eigenvalue weighted by atomic mass is 19.2. The van der Waals surface area contributed by atoms with Crippen LogP contribution < -0.4 is 0 Å². The van der Waals surface area contributed by atoms with Crippen LogP contribution in [0.2, 0.25) is 0 Å². The minimum atomic E-state index is -2.93. The number of rotatable bonds is 3. The van der Waals surface area contributed by atoms with Crippen molar-refractivity contribution in [3.05, 3.63) is 0 Å². The molecule has 0 saturated heterocycles. The Bertz CT molecular complexity index is 77.0. The molecule has 0 bridgehead atoms. The average molecular weight is 146 g/mol. The van der Waals surface area contributed by atoms with Gasteiger partial charge in [0.1, 0.15) is 6.67 Å². The Morgan fingerprint density at radius 1 is 1.22 bits per heavy atom. The zero-order chi connectivity index (χ0) is 7.44. The normalized spacial score (nSPS) is 21.0. The molecule has 0 aliphatic heterocycles. The van der Waals surface area contributed by atoms with Crippen LogP contribution in [0.15, 0.2) is 0 Å². The molecule has 0 heterocycles. The van der Waals surface area contributed by atoms with E-state index in [1.807, 2.05) is 0 Å². The van der Waals surface area contributed by atoms with Gasteiger partial charge in [-0.1, -0.05) is 0 Å². The molecule has 0 aromatic carbocycles. The summed E-state index contributed by atoms with van der Waals surface area (Å²) in [4.78, 5) is 0. The van der Waals surface area contributed by atoms with Gasteiger partial charge in [-0.25, -0.2) is 17.6 Å². The molecule has 0 fully saturated rings. The van der Waals surface area contributed by atoms with E-state index in [1.165, 1.54) is 0 Å². The van der Waals surface area contributed by atoms with Gasteiger partial charge in [-0.15, -0.1) is 0 Å². The van der Waals surface area contributed by atoms with Crippen molar-refractivity contribution in [1.82, 2.24) is 0 Å². The third-order valence-electron chi connectivity index (χ3n) is 0.756. The Hall–Kier alpha value is -0.320. The quantitative estimate of drug-likeness (QED) is 0.587. The second-order valence-corrected chi connectivity index (χ2v) is 1.49. The van der Waals surface area contributed by atoms with Gasteiger partial charge in [0, 0.05) is 0 Å². The maximum atomic E-state index is 11.7. The third kappa shape index (κ3) is 2.64. The summed E-state index contributed by atoms with van der Waals surface area (Å²) in [6, 6.07) is 0. The Morgan fingerprint density at radius 3 is 1.78 bits per heavy atom. The third-order valence-corrected chi connectivity index (χ3v) is 0.756. The van der Waals surface area contributed by atoms with Crippen LogP contribution in [0.4, 0.5) is 17.6 Å². The van der Waals surface area contributed by atoms with Crippen molar-refractivity contribution in [2.24, 2.45) is 0 Å². The van der Waals surface area contributed by atoms with Crippen LogP contribution in [0, 0.1) is 0 Å². The molecule has 0 aromatic heterocycles. The molecule has 0 spiro atoms. The van der Waals surface area contributed by atoms with E-state index in [2.05, 4.69) is 0 Å². The van der Waals surface area contributed by atoms with Crippen LogP contribution in [0.5, 0.6) is 0 Å². The van der Waals surface area contributed by atoms with Gasteiger partial charge < -0.3 is 5.11 Å². The SMILES string of the molecule is OC(F)C(F)C(F)CF. The molecular weight excluding hydrogens is 140 g/mol. The largest absolute Gasteiger partial charge is 0.362 e. The van der Waals surface area contributed by atoms with E-state index in [0.29, 0.717) is 0 Å². The molecule has 0 saturated carbocycles. The minimum absolute atomic E-state index is 1.62. The fourth-order valence-electron chi connectivity index (χ4n) is 0.257. The highest BCUT2D eigenvalue weighted by Gasteiger charge is 2.27. The molecule has 0 radical (unpaired) electrons. The van der Waals surface area contributed by atoms with Crippen LogP contribution in [-0.2, 0) is 0 Å². The zero-order valence-electron chi connectivity index (χ0n) is 4.40. The molecule has 0 aliphatic carbocycles. The van der Waals surface area contributed by atoms with Crippen molar-refractivity contribution >= 4 is 0 Å². The second-order valence-electron chi connectivity index (χ2n) is 1.49. The van der Waals surface area contributed by atoms with Gasteiger partial charge in [0.05, 0.1) is 0 Å². The zero-order valence-corrected chi connectivity index (χ0v) is 4.40. The molecule has 3 unspecified atom stereocenters. The van der Waals surface area contributed by atoms with Crippen LogP contribution >= 0.6 is 0 Å². The molecule has 56 valence electrons. The molecule has 0 aromatic rings. The minimum Gasteiger partial charge on any atom is -0.362 e. The summed E-state index contributed by atoms with van der Waals surface area (Å²) < 4.78 is 45.7. The summed E-state index contributed by atoms with van der Waals surface area (Å²) in [6.45, 7) is -1.62. The van der Waals surface area contributed by atoms with Crippen molar-refractivity contribution in [2.45, 2.75) is 18.7 Å². The fraction of sp³-hybridized carbons (Fsp3) is 1.00. The summed E-state index contributed by atoms with van der Waals surface area (Å²) in [5, 5.41) is 7.67. The first-order valence-corrected chi connectivity index (χ1v) is 2.26. The summed E-state index contributed by atoms with van der Waals surface area (Å²) in [5.41, 5.74) is 0. The van der Waals surface area contributed by atoms with Crippen molar-refractivity contribution in [1.29, 1.82) is 0 Å². The molecule has 3 atom stereocenters. The Morgan fingerprint density at radius 2 is 1.67 bits per heavy atom. The highest BCUT2D eigenvalue weighted by Crippen LogP contribution is 2.09. The summed E-state index contributed by atoms with van der Waals surface area (Å²) >= 11 is 0. The van der Waals surface area contributed by atoms with Gasteiger partial charge in [0.2, 0.25) is 6.36 Å². The summed E-state index contributed by atoms with van der Waals surface area (Å²) in [7, 11) is 0. The Labute approximate surface area is 49.3 Å². The topological polar surface area (TPSA) is 20.2 Å². The van der Waals surface area contributed by atoms with Gasteiger partial charge in [-0.3, -0.25) is 0 Å². The van der Waals surface area contributed by atoms with Gasteiger partial charge in [0.15, 0.2) is 12.3 Å². The number of alkyl halides is 4. The second kappa shape index (κ2) is 3.66. The van der Waals surface area contributed by atoms with E-state index < -0.39 is 25.4 Å². The standard InChI is InChI=1S/C4H6F4O/c5-1-2(6)3(7)4(8)9/h2-4,9H,1H2. The fourth-order valence-corrected chi connectivity index (χ4v) is 0.257. The van der Waals surface area contributed by atoms with E-state index in [4.69, 9.17) is 5.11 Å². The Kier molecular flexibility index (Phi) is 3.53. The van der Waals surface area contributed by atoms with Crippen LogP contribution in [0.3, 0.4) is 0 Å². The van der Waals surface area contributed by atoms with E-state index in [-0.39, 0.29) is 0 Å².